The van der Waals surface area contributed by atoms with Gasteiger partial charge in [-0.3, -0.25) is 4.79 Å². The summed E-state index contributed by atoms with van der Waals surface area (Å²) in [6.07, 6.45) is 9.48. The van der Waals surface area contributed by atoms with Gasteiger partial charge in [0.25, 0.3) is 0 Å². The summed E-state index contributed by atoms with van der Waals surface area (Å²) in [7, 11) is 5.66. The quantitative estimate of drug-likeness (QED) is 0.181. The molecular formula is C29H32F2N8O2. The molecule has 214 valence electrons. The molecule has 41 heavy (non-hydrogen) atoms. The Morgan fingerprint density at radius 1 is 1.17 bits per heavy atom. The molecule has 0 unspecified atom stereocenters. The third kappa shape index (κ3) is 7.22. The second kappa shape index (κ2) is 13.0. The first-order valence-electron chi connectivity index (χ1n) is 12.8. The molecule has 1 aromatic carbocycles. The summed E-state index contributed by atoms with van der Waals surface area (Å²) in [5.74, 6) is -0.395. The molecule has 0 aliphatic heterocycles. The fourth-order valence-electron chi connectivity index (χ4n) is 4.09. The van der Waals surface area contributed by atoms with E-state index in [-0.39, 0.29) is 17.4 Å². The van der Waals surface area contributed by atoms with Crippen LogP contribution in [0.25, 0.3) is 16.8 Å². The number of alkyl halides is 2. The molecule has 0 saturated carbocycles. The van der Waals surface area contributed by atoms with Crippen LogP contribution in [0.2, 0.25) is 0 Å². The number of amides is 1. The Hall–Kier alpha value is -4.84. The van der Waals surface area contributed by atoms with Gasteiger partial charge in [-0.05, 0) is 44.8 Å². The molecule has 0 aliphatic rings. The molecular weight excluding hydrogens is 530 g/mol. The normalized spacial score (nSPS) is 11.4. The first-order valence-corrected chi connectivity index (χ1v) is 12.8. The lowest BCUT2D eigenvalue weighted by atomic mass is 10.1. The van der Waals surface area contributed by atoms with Crippen LogP contribution in [0.4, 0.5) is 31.8 Å². The average molecular weight is 563 g/mol. The lowest BCUT2D eigenvalue weighted by Crippen LogP contribution is -2.29. The molecule has 0 saturated heterocycles. The van der Waals surface area contributed by atoms with E-state index in [9.17, 15) is 13.6 Å². The van der Waals surface area contributed by atoms with Crippen molar-refractivity contribution in [1.29, 1.82) is 0 Å². The molecule has 0 radical (unpaired) electrons. The SMILES string of the molecule is C=C/C=C/C(=O)Nc1cc(Nc2ncc(C)c(-c3cnn4ccccc34)n2)c(OC(F)F)cc1N(C)CCN(C)C. The van der Waals surface area contributed by atoms with Crippen LogP contribution in [0, 0.1) is 6.92 Å². The number of hydrogen-bond acceptors (Lipinski definition) is 8. The Morgan fingerprint density at radius 2 is 1.98 bits per heavy atom. The van der Waals surface area contributed by atoms with Gasteiger partial charge in [-0.25, -0.2) is 14.5 Å². The van der Waals surface area contributed by atoms with E-state index in [4.69, 9.17) is 4.74 Å². The van der Waals surface area contributed by atoms with Gasteiger partial charge >= 0.3 is 6.61 Å². The van der Waals surface area contributed by atoms with Crippen molar-refractivity contribution < 1.29 is 18.3 Å². The Morgan fingerprint density at radius 3 is 2.71 bits per heavy atom. The van der Waals surface area contributed by atoms with Crippen molar-refractivity contribution in [1.82, 2.24) is 24.5 Å². The highest BCUT2D eigenvalue weighted by Gasteiger charge is 2.20. The van der Waals surface area contributed by atoms with Gasteiger partial charge in [0, 0.05) is 50.2 Å². The number of nitrogens with zero attached hydrogens (tertiary/aromatic N) is 6. The minimum absolute atomic E-state index is 0.131. The van der Waals surface area contributed by atoms with E-state index in [2.05, 4.69) is 32.3 Å². The Labute approximate surface area is 237 Å². The minimum Gasteiger partial charge on any atom is -0.433 e. The zero-order chi connectivity index (χ0) is 29.5. The van der Waals surface area contributed by atoms with Crippen molar-refractivity contribution in [2.24, 2.45) is 0 Å². The third-order valence-electron chi connectivity index (χ3n) is 6.15. The lowest BCUT2D eigenvalue weighted by Gasteiger charge is -2.26. The summed E-state index contributed by atoms with van der Waals surface area (Å²) in [4.78, 5) is 25.5. The molecule has 0 atom stereocenters. The van der Waals surface area contributed by atoms with E-state index >= 15 is 0 Å². The average Bonchev–Trinajstić information content (AvgIpc) is 3.36. The highest BCUT2D eigenvalue weighted by molar-refractivity contribution is 6.02. The number of aromatic nitrogens is 4. The minimum atomic E-state index is -3.08. The number of fused-ring (bicyclic) bond motifs is 1. The highest BCUT2D eigenvalue weighted by atomic mass is 19.3. The summed E-state index contributed by atoms with van der Waals surface area (Å²) < 4.78 is 33.7. The van der Waals surface area contributed by atoms with Crippen molar-refractivity contribution in [3.8, 4) is 17.0 Å². The van der Waals surface area contributed by atoms with Gasteiger partial charge < -0.3 is 25.2 Å². The van der Waals surface area contributed by atoms with E-state index in [1.807, 2.05) is 55.2 Å². The van der Waals surface area contributed by atoms with Gasteiger partial charge in [-0.1, -0.05) is 24.8 Å². The molecule has 4 rings (SSSR count). The Kier molecular flexibility index (Phi) is 9.25. The van der Waals surface area contributed by atoms with Crippen LogP contribution >= 0.6 is 0 Å². The number of carbonyl (C=O) groups is 1. The van der Waals surface area contributed by atoms with Crippen LogP contribution in [0.15, 0.2) is 73.7 Å². The second-order valence-electron chi connectivity index (χ2n) is 9.49. The van der Waals surface area contributed by atoms with Gasteiger partial charge in [0.1, 0.15) is 0 Å². The fourth-order valence-corrected chi connectivity index (χ4v) is 4.09. The maximum absolute atomic E-state index is 13.5. The number of aryl methyl sites for hydroxylation is 1. The summed E-state index contributed by atoms with van der Waals surface area (Å²) >= 11 is 0. The van der Waals surface area contributed by atoms with Crippen molar-refractivity contribution in [2.75, 3.05) is 49.8 Å². The van der Waals surface area contributed by atoms with Crippen LogP contribution in [-0.4, -0.2) is 71.2 Å². The first-order chi connectivity index (χ1) is 19.7. The van der Waals surface area contributed by atoms with E-state index in [0.717, 1.165) is 16.6 Å². The number of halogens is 2. The number of hydrogen-bond donors (Lipinski definition) is 2. The molecule has 2 N–H and O–H groups in total. The van der Waals surface area contributed by atoms with Gasteiger partial charge in [0.2, 0.25) is 11.9 Å². The largest absolute Gasteiger partial charge is 0.433 e. The van der Waals surface area contributed by atoms with Crippen molar-refractivity contribution in [2.45, 2.75) is 13.5 Å². The monoisotopic (exact) mass is 562 g/mol. The molecule has 10 nitrogen and oxygen atoms in total. The Bertz CT molecular complexity index is 1570. The fraction of sp³-hybridized carbons (Fsp3) is 0.241. The molecule has 1 amide bonds. The smallest absolute Gasteiger partial charge is 0.387 e. The van der Waals surface area contributed by atoms with Crippen molar-refractivity contribution >= 4 is 34.4 Å². The van der Waals surface area contributed by atoms with Crippen LogP contribution in [-0.2, 0) is 4.79 Å². The first kappa shape index (κ1) is 29.2. The molecule has 3 heterocycles. The van der Waals surface area contributed by atoms with Gasteiger partial charge in [0.15, 0.2) is 5.75 Å². The van der Waals surface area contributed by atoms with Crippen molar-refractivity contribution in [3.63, 3.8) is 0 Å². The van der Waals surface area contributed by atoms with E-state index in [1.54, 1.807) is 24.0 Å². The van der Waals surface area contributed by atoms with E-state index in [1.165, 1.54) is 30.4 Å². The standard InChI is InChI=1S/C29H32F2N8O2/c1-6-7-11-26(40)34-21-15-22(25(41-28(30)31)16-24(21)38(5)14-13-37(3)4)35-29-32-17-19(2)27(36-29)20-18-33-39-12-9-8-10-23(20)39/h6-12,15-18,28H,1,13-14H2,2-5H3,(H,34,40)(H,32,35,36)/b11-7+. The van der Waals surface area contributed by atoms with Gasteiger partial charge in [-0.15, -0.1) is 0 Å². The van der Waals surface area contributed by atoms with E-state index in [0.29, 0.717) is 30.2 Å². The van der Waals surface area contributed by atoms with Gasteiger partial charge in [-0.2, -0.15) is 13.9 Å². The van der Waals surface area contributed by atoms with Crippen LogP contribution in [0.1, 0.15) is 5.56 Å². The number of rotatable bonds is 12. The molecule has 0 spiro atoms. The molecule has 0 bridgehead atoms. The van der Waals surface area contributed by atoms with E-state index < -0.39 is 12.5 Å². The Balaban J connectivity index is 1.77. The number of benzene rings is 1. The van der Waals surface area contributed by atoms with Crippen LogP contribution in [0.3, 0.4) is 0 Å². The number of likely N-dealkylation sites (N-methyl/N-ethyl adjacent to an activating group) is 2. The molecule has 12 heteroatoms. The second-order valence-corrected chi connectivity index (χ2v) is 9.49. The maximum atomic E-state index is 13.5. The van der Waals surface area contributed by atoms with Gasteiger partial charge in [0.05, 0.1) is 34.5 Å². The summed E-state index contributed by atoms with van der Waals surface area (Å²) in [5, 5.41) is 10.2. The highest BCUT2D eigenvalue weighted by Crippen LogP contribution is 2.39. The molecule has 4 aromatic rings. The molecule has 0 aliphatic carbocycles. The zero-order valence-electron chi connectivity index (χ0n) is 23.3. The molecule has 0 fully saturated rings. The third-order valence-corrected chi connectivity index (χ3v) is 6.15. The molecule has 3 aromatic heterocycles. The predicted molar refractivity (Wildman–Crippen MR) is 157 cm³/mol. The summed E-state index contributed by atoms with van der Waals surface area (Å²) in [5.41, 5.74) is 4.09. The lowest BCUT2D eigenvalue weighted by molar-refractivity contribution is -0.111. The maximum Gasteiger partial charge on any atom is 0.387 e. The number of pyridine rings is 1. The number of nitrogens with one attached hydrogen (secondary N) is 2. The number of carbonyl (C=O) groups excluding carboxylic acids is 1. The number of anilines is 4. The van der Waals surface area contributed by atoms with Crippen molar-refractivity contribution in [3.05, 3.63) is 79.3 Å². The van der Waals surface area contributed by atoms with Crippen LogP contribution in [0.5, 0.6) is 5.75 Å². The number of allylic oxidation sites excluding steroid dienone is 2. The predicted octanol–water partition coefficient (Wildman–Crippen LogP) is 5.12. The zero-order valence-corrected chi connectivity index (χ0v) is 23.3. The number of ether oxygens (including phenoxy) is 1. The van der Waals surface area contributed by atoms with Crippen LogP contribution < -0.4 is 20.3 Å². The summed E-state index contributed by atoms with van der Waals surface area (Å²) in [6.45, 7) is 3.62. The summed E-state index contributed by atoms with van der Waals surface area (Å²) in [6, 6.07) is 8.68. The topological polar surface area (TPSA) is 99.9 Å².